The fourth-order valence-corrected chi connectivity index (χ4v) is 4.21. The zero-order valence-corrected chi connectivity index (χ0v) is 16.1. The summed E-state index contributed by atoms with van der Waals surface area (Å²) in [5.74, 6) is 2.65. The van der Waals surface area contributed by atoms with E-state index in [1.165, 1.54) is 29.7 Å². The highest BCUT2D eigenvalue weighted by Crippen LogP contribution is 2.39. The Labute approximate surface area is 168 Å². The maximum atomic E-state index is 5.69. The Kier molecular flexibility index (Phi) is 3.82. The third kappa shape index (κ3) is 2.95. The zero-order chi connectivity index (χ0) is 19.2. The molecule has 1 aliphatic heterocycles. The molecule has 0 bridgehead atoms. The highest BCUT2D eigenvalue weighted by molar-refractivity contribution is 5.76. The van der Waals surface area contributed by atoms with Gasteiger partial charge in [0.05, 0.1) is 6.61 Å². The van der Waals surface area contributed by atoms with Gasteiger partial charge in [-0.2, -0.15) is 0 Å². The third-order valence-electron chi connectivity index (χ3n) is 5.96. The number of aromatic nitrogens is 5. The average molecular weight is 383 g/mol. The number of ether oxygens (including phenoxy) is 1. The lowest BCUT2D eigenvalue weighted by atomic mass is 10.0. The molecule has 4 aromatic rings. The van der Waals surface area contributed by atoms with E-state index in [0.29, 0.717) is 5.92 Å². The number of nitrogens with zero attached hydrogens (tertiary/aromatic N) is 5. The fraction of sp³-hybridized carbons (Fsp3) is 0.304. The van der Waals surface area contributed by atoms with Gasteiger partial charge in [-0.1, -0.05) is 18.2 Å². The summed E-state index contributed by atoms with van der Waals surface area (Å²) in [6.45, 7) is 0.780. The smallest absolute Gasteiger partial charge is 0.171 e. The van der Waals surface area contributed by atoms with E-state index in [2.05, 4.69) is 45.5 Å². The molecule has 29 heavy (non-hydrogen) atoms. The van der Waals surface area contributed by atoms with E-state index >= 15 is 0 Å². The predicted molar refractivity (Wildman–Crippen MR) is 109 cm³/mol. The van der Waals surface area contributed by atoms with E-state index in [1.54, 1.807) is 6.33 Å². The van der Waals surface area contributed by atoms with Gasteiger partial charge in [-0.05, 0) is 37.0 Å². The van der Waals surface area contributed by atoms with Crippen LogP contribution in [-0.4, -0.2) is 31.2 Å². The van der Waals surface area contributed by atoms with Crippen LogP contribution in [0.15, 0.2) is 49.1 Å². The molecule has 0 radical (unpaired) electrons. The molecule has 0 saturated heterocycles. The van der Waals surface area contributed by atoms with Crippen LogP contribution >= 0.6 is 0 Å². The molecule has 4 heterocycles. The van der Waals surface area contributed by atoms with Gasteiger partial charge < -0.3 is 4.74 Å². The Morgan fingerprint density at radius 2 is 2.00 bits per heavy atom. The minimum atomic E-state index is 0.655. The first-order valence-corrected chi connectivity index (χ1v) is 10.2. The lowest BCUT2D eigenvalue weighted by Crippen LogP contribution is -2.05. The standard InChI is InChI=1S/C23H21N5O/c1-2-15(18-10-11-29-21(18)3-1)7-9-22-25-13-19(23-27-26-14-28(22)23)17-6-8-20(24-12-17)16-4-5-16/h1-3,6,8,12-14,16H,4-5,7,9-11H2. The molecule has 0 atom stereocenters. The number of hydrogen-bond donors (Lipinski definition) is 0. The molecule has 0 unspecified atom stereocenters. The summed E-state index contributed by atoms with van der Waals surface area (Å²) < 4.78 is 7.70. The second-order valence-electron chi connectivity index (χ2n) is 7.85. The largest absolute Gasteiger partial charge is 0.493 e. The third-order valence-corrected chi connectivity index (χ3v) is 5.96. The molecule has 1 aromatic carbocycles. The number of pyridine rings is 1. The molecule has 0 spiro atoms. The van der Waals surface area contributed by atoms with Crippen LogP contribution in [0.3, 0.4) is 0 Å². The van der Waals surface area contributed by atoms with Crippen molar-refractivity contribution in [1.82, 2.24) is 24.6 Å². The normalized spacial score (nSPS) is 15.4. The Balaban J connectivity index is 1.30. The van der Waals surface area contributed by atoms with E-state index in [4.69, 9.17) is 9.72 Å². The SMILES string of the molecule is c1cc(CCc2ncc(-c3ccc(C4CC4)nc3)c3nncn23)c2c(c1)OCC2. The minimum absolute atomic E-state index is 0.655. The Morgan fingerprint density at radius 1 is 1.03 bits per heavy atom. The predicted octanol–water partition coefficient (Wildman–Crippen LogP) is 3.78. The van der Waals surface area contributed by atoms with Gasteiger partial charge in [0.15, 0.2) is 5.65 Å². The van der Waals surface area contributed by atoms with Crippen molar-refractivity contribution in [2.45, 2.75) is 38.0 Å². The van der Waals surface area contributed by atoms with Crippen LogP contribution in [0.4, 0.5) is 0 Å². The van der Waals surface area contributed by atoms with Gasteiger partial charge in [-0.15, -0.1) is 10.2 Å². The molecular weight excluding hydrogens is 362 g/mol. The number of hydrogen-bond acceptors (Lipinski definition) is 5. The van der Waals surface area contributed by atoms with E-state index in [-0.39, 0.29) is 0 Å². The van der Waals surface area contributed by atoms with Crippen LogP contribution in [0.1, 0.15) is 41.4 Å². The molecule has 1 fully saturated rings. The van der Waals surface area contributed by atoms with Crippen molar-refractivity contribution in [2.24, 2.45) is 0 Å². The molecule has 6 rings (SSSR count). The van der Waals surface area contributed by atoms with Crippen LogP contribution in [0.5, 0.6) is 5.75 Å². The monoisotopic (exact) mass is 383 g/mol. The highest BCUT2D eigenvalue weighted by Gasteiger charge is 2.24. The molecule has 0 amide bonds. The average Bonchev–Trinajstić information content (AvgIpc) is 3.28. The summed E-state index contributed by atoms with van der Waals surface area (Å²) in [6, 6.07) is 10.6. The van der Waals surface area contributed by atoms with Crippen molar-refractivity contribution < 1.29 is 4.74 Å². The van der Waals surface area contributed by atoms with Crippen LogP contribution in [-0.2, 0) is 19.3 Å². The molecule has 3 aromatic heterocycles. The first-order valence-electron chi connectivity index (χ1n) is 10.2. The number of rotatable bonds is 5. The summed E-state index contributed by atoms with van der Waals surface area (Å²) in [7, 11) is 0. The van der Waals surface area contributed by atoms with Crippen molar-refractivity contribution in [3.63, 3.8) is 0 Å². The topological polar surface area (TPSA) is 65.2 Å². The van der Waals surface area contributed by atoms with E-state index in [1.807, 2.05) is 16.8 Å². The molecule has 144 valence electrons. The summed E-state index contributed by atoms with van der Waals surface area (Å²) in [5.41, 5.74) is 6.70. The van der Waals surface area contributed by atoms with E-state index in [9.17, 15) is 0 Å². The first-order chi connectivity index (χ1) is 14.4. The molecule has 1 aliphatic carbocycles. The van der Waals surface area contributed by atoms with Crippen LogP contribution in [0, 0.1) is 0 Å². The zero-order valence-electron chi connectivity index (χ0n) is 16.1. The molecule has 1 saturated carbocycles. The summed E-state index contributed by atoms with van der Waals surface area (Å²) in [5, 5.41) is 8.51. The molecule has 6 heteroatoms. The molecule has 6 nitrogen and oxygen atoms in total. The van der Waals surface area contributed by atoms with Gasteiger partial charge in [-0.25, -0.2) is 4.98 Å². The van der Waals surface area contributed by atoms with E-state index < -0.39 is 0 Å². The first kappa shape index (κ1) is 16.7. The van der Waals surface area contributed by atoms with Crippen LogP contribution in [0.25, 0.3) is 16.8 Å². The maximum Gasteiger partial charge on any atom is 0.171 e. The summed E-state index contributed by atoms with van der Waals surface area (Å²) in [4.78, 5) is 9.40. The molecule has 0 N–H and O–H groups in total. The number of aryl methyl sites for hydroxylation is 2. The Hall–Kier alpha value is -3.28. The van der Waals surface area contributed by atoms with E-state index in [0.717, 1.165) is 54.2 Å². The van der Waals surface area contributed by atoms with Crippen molar-refractivity contribution >= 4 is 5.65 Å². The van der Waals surface area contributed by atoms with Crippen molar-refractivity contribution in [1.29, 1.82) is 0 Å². The second kappa shape index (κ2) is 6.65. The number of benzene rings is 1. The highest BCUT2D eigenvalue weighted by atomic mass is 16.5. The van der Waals surface area contributed by atoms with Crippen molar-refractivity contribution in [2.75, 3.05) is 6.61 Å². The molecule has 2 aliphatic rings. The van der Waals surface area contributed by atoms with Gasteiger partial charge in [0.25, 0.3) is 0 Å². The quantitative estimate of drug-likeness (QED) is 0.525. The number of fused-ring (bicyclic) bond motifs is 2. The fourth-order valence-electron chi connectivity index (χ4n) is 4.21. The second-order valence-corrected chi connectivity index (χ2v) is 7.85. The van der Waals surface area contributed by atoms with Gasteiger partial charge in [-0.3, -0.25) is 9.38 Å². The lowest BCUT2D eigenvalue weighted by Gasteiger charge is -2.10. The lowest BCUT2D eigenvalue weighted by molar-refractivity contribution is 0.357. The van der Waals surface area contributed by atoms with Crippen molar-refractivity contribution in [3.05, 3.63) is 71.7 Å². The molecular formula is C23H21N5O. The summed E-state index contributed by atoms with van der Waals surface area (Å²) in [6.07, 6.45) is 10.9. The Bertz CT molecular complexity index is 1190. The van der Waals surface area contributed by atoms with Gasteiger partial charge in [0.1, 0.15) is 17.9 Å². The van der Waals surface area contributed by atoms with Gasteiger partial charge >= 0.3 is 0 Å². The van der Waals surface area contributed by atoms with Crippen LogP contribution in [0.2, 0.25) is 0 Å². The Morgan fingerprint density at radius 3 is 2.86 bits per heavy atom. The van der Waals surface area contributed by atoms with Gasteiger partial charge in [0, 0.05) is 53.5 Å². The van der Waals surface area contributed by atoms with Gasteiger partial charge in [0.2, 0.25) is 0 Å². The van der Waals surface area contributed by atoms with Crippen molar-refractivity contribution in [3.8, 4) is 16.9 Å². The minimum Gasteiger partial charge on any atom is -0.493 e. The maximum absolute atomic E-state index is 5.69. The van der Waals surface area contributed by atoms with Crippen LogP contribution < -0.4 is 4.74 Å². The summed E-state index contributed by atoms with van der Waals surface area (Å²) >= 11 is 0.